The summed E-state index contributed by atoms with van der Waals surface area (Å²) in [6.07, 6.45) is 4.87. The largest absolute Gasteiger partial charge is 0.369 e. The van der Waals surface area contributed by atoms with Crippen molar-refractivity contribution < 1.29 is 28.8 Å². The van der Waals surface area contributed by atoms with Gasteiger partial charge in [0.2, 0.25) is 17.7 Å². The van der Waals surface area contributed by atoms with Crippen LogP contribution in [0.3, 0.4) is 0 Å². The standard InChI is InChI=1S/C44H49N9O6/c54-39-12-11-37(42(57)48-39)53-43(58)33-9-8-32(26-34(33)44(53)59)51-23-21-49(22-24-51)18-15-40(55)52-19-13-29(14-20-52)28-3-5-30(6-4-28)41(56)45-31-7-10-35-36(25-31)47-38(46-35)27-50-16-1-2-17-50/h3-10,25-26,29,37H,1-2,11-24,27H2,(H,45,56)(H,46,47)(H,48,54,57). The maximum atomic E-state index is 13.3. The molecule has 1 aromatic heterocycles. The smallest absolute Gasteiger partial charge is 0.262 e. The van der Waals surface area contributed by atoms with Crippen LogP contribution in [0.15, 0.2) is 60.7 Å². The van der Waals surface area contributed by atoms with E-state index in [0.717, 1.165) is 73.0 Å². The summed E-state index contributed by atoms with van der Waals surface area (Å²) in [7, 11) is 0. The van der Waals surface area contributed by atoms with Crippen molar-refractivity contribution >= 4 is 57.9 Å². The van der Waals surface area contributed by atoms with Crippen LogP contribution in [0.25, 0.3) is 11.0 Å². The predicted octanol–water partition coefficient (Wildman–Crippen LogP) is 3.73. The zero-order chi connectivity index (χ0) is 40.6. The molecule has 0 aliphatic carbocycles. The molecule has 1 unspecified atom stereocenters. The van der Waals surface area contributed by atoms with Gasteiger partial charge in [-0.25, -0.2) is 4.98 Å². The van der Waals surface area contributed by atoms with Gasteiger partial charge in [-0.1, -0.05) is 12.1 Å². The van der Waals surface area contributed by atoms with Gasteiger partial charge >= 0.3 is 0 Å². The van der Waals surface area contributed by atoms with Gasteiger partial charge in [-0.3, -0.25) is 48.8 Å². The van der Waals surface area contributed by atoms with Crippen LogP contribution >= 0.6 is 0 Å². The van der Waals surface area contributed by atoms with Crippen LogP contribution in [0, 0.1) is 0 Å². The average molecular weight is 800 g/mol. The molecule has 59 heavy (non-hydrogen) atoms. The predicted molar refractivity (Wildman–Crippen MR) is 220 cm³/mol. The maximum Gasteiger partial charge on any atom is 0.262 e. The number of amides is 6. The van der Waals surface area contributed by atoms with E-state index in [4.69, 9.17) is 4.98 Å². The topological polar surface area (TPSA) is 171 Å². The van der Waals surface area contributed by atoms with Crippen molar-refractivity contribution in [1.29, 1.82) is 0 Å². The Morgan fingerprint density at radius 2 is 1.51 bits per heavy atom. The number of likely N-dealkylation sites (tertiary alicyclic amines) is 2. The Bertz CT molecular complexity index is 2300. The van der Waals surface area contributed by atoms with Gasteiger partial charge in [0.1, 0.15) is 11.9 Å². The summed E-state index contributed by atoms with van der Waals surface area (Å²) in [6.45, 7) is 8.04. The number of rotatable bonds is 10. The van der Waals surface area contributed by atoms with Gasteiger partial charge in [0, 0.05) is 75.6 Å². The molecule has 15 nitrogen and oxygen atoms in total. The molecule has 4 fully saturated rings. The molecular weight excluding hydrogens is 751 g/mol. The maximum absolute atomic E-state index is 13.3. The van der Waals surface area contributed by atoms with Crippen LogP contribution in [0.2, 0.25) is 0 Å². The third kappa shape index (κ3) is 8.08. The van der Waals surface area contributed by atoms with Gasteiger partial charge in [0.15, 0.2) is 0 Å². The molecule has 15 heteroatoms. The van der Waals surface area contributed by atoms with E-state index < -0.39 is 29.7 Å². The highest BCUT2D eigenvalue weighted by molar-refractivity contribution is 6.23. The molecule has 0 saturated carbocycles. The van der Waals surface area contributed by atoms with E-state index in [-0.39, 0.29) is 35.8 Å². The third-order valence-corrected chi connectivity index (χ3v) is 12.7. The van der Waals surface area contributed by atoms with Crippen molar-refractivity contribution in [3.05, 3.63) is 88.7 Å². The number of aromatic amines is 1. The van der Waals surface area contributed by atoms with Crippen molar-refractivity contribution in [1.82, 2.24) is 34.9 Å². The number of carbonyl (C=O) groups excluding carboxylic acids is 6. The first kappa shape index (κ1) is 38.6. The van der Waals surface area contributed by atoms with E-state index in [2.05, 4.69) is 30.3 Å². The van der Waals surface area contributed by atoms with Crippen LogP contribution in [-0.2, 0) is 20.9 Å². The molecule has 3 aromatic carbocycles. The van der Waals surface area contributed by atoms with E-state index in [9.17, 15) is 28.8 Å². The third-order valence-electron chi connectivity index (χ3n) is 12.7. The summed E-state index contributed by atoms with van der Waals surface area (Å²) in [6, 6.07) is 17.8. The second-order valence-corrected chi connectivity index (χ2v) is 16.4. The lowest BCUT2D eigenvalue weighted by Crippen LogP contribution is -2.54. The van der Waals surface area contributed by atoms with E-state index in [1.54, 1.807) is 12.1 Å². The first-order valence-electron chi connectivity index (χ1n) is 20.9. The molecule has 9 rings (SSSR count). The quantitative estimate of drug-likeness (QED) is 0.201. The number of carbonyl (C=O) groups is 6. The van der Waals surface area contributed by atoms with Crippen molar-refractivity contribution in [2.75, 3.05) is 69.1 Å². The summed E-state index contributed by atoms with van der Waals surface area (Å²) in [5, 5.41) is 5.26. The first-order valence-corrected chi connectivity index (χ1v) is 20.9. The number of hydrogen-bond donors (Lipinski definition) is 3. The second kappa shape index (κ2) is 16.4. The zero-order valence-electron chi connectivity index (χ0n) is 33.1. The molecule has 0 bridgehead atoms. The molecule has 6 heterocycles. The van der Waals surface area contributed by atoms with E-state index in [0.29, 0.717) is 56.3 Å². The van der Waals surface area contributed by atoms with Crippen LogP contribution in [0.1, 0.15) is 93.3 Å². The van der Waals surface area contributed by atoms with Crippen molar-refractivity contribution in [2.45, 2.75) is 63.5 Å². The fraction of sp³-hybridized carbons (Fsp3) is 0.432. The van der Waals surface area contributed by atoms with Crippen molar-refractivity contribution in [3.63, 3.8) is 0 Å². The summed E-state index contributed by atoms with van der Waals surface area (Å²) in [5.74, 6) is -0.775. The average Bonchev–Trinajstić information content (AvgIpc) is 3.98. The van der Waals surface area contributed by atoms with Crippen molar-refractivity contribution in [2.24, 2.45) is 0 Å². The molecule has 1 atom stereocenters. The lowest BCUT2D eigenvalue weighted by atomic mass is 9.89. The fourth-order valence-corrected chi connectivity index (χ4v) is 9.23. The molecule has 4 saturated heterocycles. The molecule has 0 spiro atoms. The number of piperidine rings is 2. The Labute approximate surface area is 342 Å². The lowest BCUT2D eigenvalue weighted by Gasteiger charge is -2.37. The zero-order valence-corrected chi connectivity index (χ0v) is 33.1. The molecule has 306 valence electrons. The Morgan fingerprint density at radius 3 is 2.25 bits per heavy atom. The molecule has 0 radical (unpaired) electrons. The second-order valence-electron chi connectivity index (χ2n) is 16.4. The Hall–Kier alpha value is -5.93. The summed E-state index contributed by atoms with van der Waals surface area (Å²) in [5.41, 5.74) is 5.66. The number of aromatic nitrogens is 2. The molecular formula is C44H49N9O6. The van der Waals surface area contributed by atoms with Crippen LogP contribution in [0.4, 0.5) is 11.4 Å². The van der Waals surface area contributed by atoms with E-state index >= 15 is 0 Å². The number of H-pyrrole nitrogens is 1. The van der Waals surface area contributed by atoms with Gasteiger partial charge in [-0.15, -0.1) is 0 Å². The molecule has 5 aliphatic heterocycles. The van der Waals surface area contributed by atoms with Crippen molar-refractivity contribution in [3.8, 4) is 0 Å². The highest BCUT2D eigenvalue weighted by Crippen LogP contribution is 2.32. The number of benzene rings is 3. The Kier molecular flexibility index (Phi) is 10.7. The normalized spacial score (nSPS) is 20.7. The van der Waals surface area contributed by atoms with Crippen LogP contribution < -0.4 is 15.5 Å². The molecule has 3 N–H and O–H groups in total. The summed E-state index contributed by atoms with van der Waals surface area (Å²) >= 11 is 0. The van der Waals surface area contributed by atoms with Gasteiger partial charge in [-0.2, -0.15) is 0 Å². The van der Waals surface area contributed by atoms with Crippen LogP contribution in [-0.4, -0.2) is 130 Å². The fourth-order valence-electron chi connectivity index (χ4n) is 9.23. The van der Waals surface area contributed by atoms with Gasteiger partial charge in [0.25, 0.3) is 17.7 Å². The minimum atomic E-state index is -0.991. The van der Waals surface area contributed by atoms with Gasteiger partial charge < -0.3 is 20.1 Å². The highest BCUT2D eigenvalue weighted by atomic mass is 16.2. The molecule has 6 amide bonds. The van der Waals surface area contributed by atoms with Gasteiger partial charge in [0.05, 0.1) is 28.7 Å². The number of anilines is 2. The highest BCUT2D eigenvalue weighted by Gasteiger charge is 2.45. The number of imide groups is 2. The number of nitrogens with zero attached hydrogens (tertiary/aromatic N) is 6. The van der Waals surface area contributed by atoms with E-state index in [1.165, 1.54) is 18.4 Å². The number of imidazole rings is 1. The lowest BCUT2D eigenvalue weighted by molar-refractivity contribution is -0.136. The monoisotopic (exact) mass is 799 g/mol. The summed E-state index contributed by atoms with van der Waals surface area (Å²) in [4.78, 5) is 94.8. The minimum absolute atomic E-state index is 0.0786. The first-order chi connectivity index (χ1) is 28.7. The number of hydrogen-bond acceptors (Lipinski definition) is 10. The molecule has 4 aromatic rings. The number of fused-ring (bicyclic) bond motifs is 2. The Morgan fingerprint density at radius 1 is 0.763 bits per heavy atom. The Balaban J connectivity index is 0.707. The van der Waals surface area contributed by atoms with E-state index in [1.807, 2.05) is 53.4 Å². The molecule has 5 aliphatic rings. The number of piperazine rings is 1. The SMILES string of the molecule is O=C1CCC(N2C(=O)c3ccc(N4CCN(CCC(=O)N5CCC(c6ccc(C(=O)Nc7ccc8[nH]c(CN9CCCC9)nc8c7)cc6)CC5)CC4)cc3C2=O)C(=O)N1. The van der Waals surface area contributed by atoms with Crippen LogP contribution in [0.5, 0.6) is 0 Å². The van der Waals surface area contributed by atoms with Gasteiger partial charge in [-0.05, 0) is 105 Å². The minimum Gasteiger partial charge on any atom is -0.369 e. The summed E-state index contributed by atoms with van der Waals surface area (Å²) < 4.78 is 0. The number of nitrogens with one attached hydrogen (secondary N) is 3.